The topological polar surface area (TPSA) is 23.8 Å². The minimum absolute atomic E-state index is 0.715. The second kappa shape index (κ2) is 7.81. The third-order valence-corrected chi connectivity index (χ3v) is 1.40. The van der Waals surface area contributed by atoms with Gasteiger partial charge in [0.25, 0.3) is 0 Å². The van der Waals surface area contributed by atoms with Gasteiger partial charge in [-0.05, 0) is 12.1 Å². The number of nitriles is 1. The summed E-state index contributed by atoms with van der Waals surface area (Å²) in [5.74, 6) is 0. The molecule has 0 aliphatic rings. The molecule has 0 aliphatic heterocycles. The van der Waals surface area contributed by atoms with Crippen LogP contribution in [0.3, 0.4) is 0 Å². The zero-order valence-corrected chi connectivity index (χ0v) is 7.75. The molecular formula is C11H15N. The fraction of sp³-hybridized carbons (Fsp3) is 0.364. The maximum absolute atomic E-state index is 8.29. The maximum atomic E-state index is 8.29. The molecule has 0 heterocycles. The summed E-state index contributed by atoms with van der Waals surface area (Å²) in [6, 6.07) is 11.2. The molecule has 0 unspecified atom stereocenters. The third-order valence-electron chi connectivity index (χ3n) is 1.40. The summed E-state index contributed by atoms with van der Waals surface area (Å²) in [5, 5.41) is 8.29. The highest BCUT2D eigenvalue weighted by molar-refractivity contribution is 5.27. The predicted molar refractivity (Wildman–Crippen MR) is 51.7 cm³/mol. The van der Waals surface area contributed by atoms with E-state index in [0.29, 0.717) is 5.56 Å². The Morgan fingerprint density at radius 1 is 1.08 bits per heavy atom. The second-order valence-electron chi connectivity index (χ2n) is 2.48. The van der Waals surface area contributed by atoms with Crippen molar-refractivity contribution in [3.05, 3.63) is 35.9 Å². The molecule has 1 heteroatoms. The second-order valence-corrected chi connectivity index (χ2v) is 2.48. The van der Waals surface area contributed by atoms with Crippen LogP contribution in [0.4, 0.5) is 0 Å². The SMILES string of the molecule is CCCC.N#Cc1ccccc1. The summed E-state index contributed by atoms with van der Waals surface area (Å²) < 4.78 is 0. The van der Waals surface area contributed by atoms with Crippen LogP contribution >= 0.6 is 0 Å². The summed E-state index contributed by atoms with van der Waals surface area (Å²) in [7, 11) is 0. The summed E-state index contributed by atoms with van der Waals surface area (Å²) in [4.78, 5) is 0. The van der Waals surface area contributed by atoms with Crippen molar-refractivity contribution in [1.82, 2.24) is 0 Å². The van der Waals surface area contributed by atoms with Gasteiger partial charge >= 0.3 is 0 Å². The van der Waals surface area contributed by atoms with E-state index >= 15 is 0 Å². The van der Waals surface area contributed by atoms with Crippen molar-refractivity contribution < 1.29 is 0 Å². The van der Waals surface area contributed by atoms with E-state index in [-0.39, 0.29) is 0 Å². The van der Waals surface area contributed by atoms with Crippen LogP contribution in [0.15, 0.2) is 30.3 Å². The van der Waals surface area contributed by atoms with E-state index in [0.717, 1.165) is 0 Å². The van der Waals surface area contributed by atoms with Crippen molar-refractivity contribution in [2.24, 2.45) is 0 Å². The van der Waals surface area contributed by atoms with Crippen LogP contribution in [-0.2, 0) is 0 Å². The Kier molecular flexibility index (Phi) is 6.97. The van der Waals surface area contributed by atoms with E-state index in [1.54, 1.807) is 12.1 Å². The molecule has 0 amide bonds. The highest BCUT2D eigenvalue weighted by Crippen LogP contribution is 1.93. The van der Waals surface area contributed by atoms with Crippen molar-refractivity contribution in [1.29, 1.82) is 5.26 Å². The van der Waals surface area contributed by atoms with Crippen molar-refractivity contribution in [3.63, 3.8) is 0 Å². The Morgan fingerprint density at radius 2 is 1.58 bits per heavy atom. The third kappa shape index (κ3) is 5.49. The van der Waals surface area contributed by atoms with Crippen molar-refractivity contribution in [3.8, 4) is 6.07 Å². The van der Waals surface area contributed by atoms with E-state index in [1.165, 1.54) is 12.8 Å². The molecule has 0 N–H and O–H groups in total. The number of rotatable bonds is 1. The maximum Gasteiger partial charge on any atom is 0.0991 e. The van der Waals surface area contributed by atoms with Crippen LogP contribution in [0.2, 0.25) is 0 Å². The summed E-state index contributed by atoms with van der Waals surface area (Å²) in [6.45, 7) is 4.36. The highest BCUT2D eigenvalue weighted by Gasteiger charge is 1.79. The van der Waals surface area contributed by atoms with E-state index in [4.69, 9.17) is 5.26 Å². The fourth-order valence-electron chi connectivity index (χ4n) is 0.513. The zero-order chi connectivity index (χ0) is 9.23. The summed E-state index contributed by atoms with van der Waals surface area (Å²) in [6.07, 6.45) is 2.64. The van der Waals surface area contributed by atoms with Gasteiger partial charge in [0.1, 0.15) is 0 Å². The lowest BCUT2D eigenvalue weighted by Crippen LogP contribution is -1.66. The average Bonchev–Trinajstić information content (AvgIpc) is 2.19. The predicted octanol–water partition coefficient (Wildman–Crippen LogP) is 3.36. The Hall–Kier alpha value is -1.29. The van der Waals surface area contributed by atoms with E-state index in [9.17, 15) is 0 Å². The van der Waals surface area contributed by atoms with Gasteiger partial charge in [-0.25, -0.2) is 0 Å². The monoisotopic (exact) mass is 161 g/mol. The minimum Gasteiger partial charge on any atom is -0.192 e. The zero-order valence-electron chi connectivity index (χ0n) is 7.75. The van der Waals surface area contributed by atoms with Crippen LogP contribution in [0.1, 0.15) is 32.3 Å². The molecule has 1 rings (SSSR count). The standard InChI is InChI=1S/C7H5N.C4H10/c8-6-7-4-2-1-3-5-7;1-3-4-2/h1-5H;3-4H2,1-2H3. The number of benzene rings is 1. The Morgan fingerprint density at radius 3 is 1.83 bits per heavy atom. The van der Waals surface area contributed by atoms with Crippen LogP contribution < -0.4 is 0 Å². The summed E-state index contributed by atoms with van der Waals surface area (Å²) >= 11 is 0. The first-order chi connectivity index (χ1) is 5.85. The molecule has 0 radical (unpaired) electrons. The van der Waals surface area contributed by atoms with Crippen molar-refractivity contribution in [2.45, 2.75) is 26.7 Å². The molecular weight excluding hydrogens is 146 g/mol. The van der Waals surface area contributed by atoms with Crippen LogP contribution in [0, 0.1) is 11.3 Å². The van der Waals surface area contributed by atoms with Gasteiger partial charge in [-0.1, -0.05) is 44.9 Å². The number of hydrogen-bond donors (Lipinski definition) is 0. The van der Waals surface area contributed by atoms with Crippen LogP contribution in [0.25, 0.3) is 0 Å². The first-order valence-electron chi connectivity index (χ1n) is 4.30. The first-order valence-corrected chi connectivity index (χ1v) is 4.30. The molecule has 1 nitrogen and oxygen atoms in total. The number of unbranched alkanes of at least 4 members (excludes halogenated alkanes) is 1. The molecule has 0 saturated heterocycles. The average molecular weight is 161 g/mol. The molecule has 1 aromatic carbocycles. The fourth-order valence-corrected chi connectivity index (χ4v) is 0.513. The lowest BCUT2D eigenvalue weighted by atomic mass is 10.2. The van der Waals surface area contributed by atoms with Gasteiger partial charge in [0, 0.05) is 0 Å². The molecule has 0 aromatic heterocycles. The van der Waals surface area contributed by atoms with Gasteiger partial charge < -0.3 is 0 Å². The van der Waals surface area contributed by atoms with Crippen LogP contribution in [0.5, 0.6) is 0 Å². The smallest absolute Gasteiger partial charge is 0.0991 e. The van der Waals surface area contributed by atoms with Gasteiger partial charge in [0.15, 0.2) is 0 Å². The number of nitrogens with zero attached hydrogens (tertiary/aromatic N) is 1. The molecule has 0 aliphatic carbocycles. The van der Waals surface area contributed by atoms with Gasteiger partial charge in [-0.2, -0.15) is 5.26 Å². The van der Waals surface area contributed by atoms with Crippen LogP contribution in [-0.4, -0.2) is 0 Å². The van der Waals surface area contributed by atoms with Crippen molar-refractivity contribution in [2.75, 3.05) is 0 Å². The molecule has 12 heavy (non-hydrogen) atoms. The van der Waals surface area contributed by atoms with E-state index in [2.05, 4.69) is 13.8 Å². The van der Waals surface area contributed by atoms with E-state index < -0.39 is 0 Å². The molecule has 0 fully saturated rings. The van der Waals surface area contributed by atoms with Gasteiger partial charge in [0.2, 0.25) is 0 Å². The van der Waals surface area contributed by atoms with E-state index in [1.807, 2.05) is 24.3 Å². The quantitative estimate of drug-likeness (QED) is 0.619. The Labute approximate surface area is 74.7 Å². The lowest BCUT2D eigenvalue weighted by molar-refractivity contribution is 0.886. The normalized spacial score (nSPS) is 7.75. The Balaban J connectivity index is 0.000000261. The largest absolute Gasteiger partial charge is 0.192 e. The molecule has 0 saturated carbocycles. The molecule has 0 bridgehead atoms. The van der Waals surface area contributed by atoms with Crippen molar-refractivity contribution >= 4 is 0 Å². The van der Waals surface area contributed by atoms with Gasteiger partial charge in [-0.15, -0.1) is 0 Å². The number of hydrogen-bond acceptors (Lipinski definition) is 1. The lowest BCUT2D eigenvalue weighted by Gasteiger charge is -1.80. The molecule has 1 aromatic rings. The highest BCUT2D eigenvalue weighted by atomic mass is 14.2. The minimum atomic E-state index is 0.715. The van der Waals surface area contributed by atoms with Gasteiger partial charge in [0.05, 0.1) is 11.6 Å². The molecule has 0 atom stereocenters. The molecule has 0 spiro atoms. The molecule has 64 valence electrons. The Bertz CT molecular complexity index is 219. The first kappa shape index (κ1) is 10.7. The summed E-state index contributed by atoms with van der Waals surface area (Å²) in [5.41, 5.74) is 0.715. The van der Waals surface area contributed by atoms with Gasteiger partial charge in [-0.3, -0.25) is 0 Å².